The minimum atomic E-state index is -0.299. The Kier molecular flexibility index (Phi) is 4.42. The maximum Gasteiger partial charge on any atom is 0.252 e. The first-order chi connectivity index (χ1) is 13.2. The number of ether oxygens (including phenoxy) is 3. The number of carbonyl (C=O) groups excluding carboxylic acids is 1. The van der Waals surface area contributed by atoms with Crippen molar-refractivity contribution in [1.29, 1.82) is 0 Å². The molecule has 1 amide bonds. The van der Waals surface area contributed by atoms with Gasteiger partial charge in [0, 0.05) is 16.7 Å². The van der Waals surface area contributed by atoms with Crippen LogP contribution in [0.5, 0.6) is 23.0 Å². The quantitative estimate of drug-likeness (QED) is 0.751. The molecule has 0 saturated carbocycles. The Morgan fingerprint density at radius 2 is 1.44 bits per heavy atom. The highest BCUT2D eigenvalue weighted by Crippen LogP contribution is 2.42. The second-order valence-corrected chi connectivity index (χ2v) is 6.15. The van der Waals surface area contributed by atoms with E-state index in [-0.39, 0.29) is 11.9 Å². The van der Waals surface area contributed by atoms with Crippen molar-refractivity contribution in [2.75, 3.05) is 14.2 Å². The second-order valence-electron chi connectivity index (χ2n) is 6.15. The summed E-state index contributed by atoms with van der Waals surface area (Å²) in [5.74, 6) is 2.38. The molecule has 0 aromatic heterocycles. The number of hydrogen-bond acceptors (Lipinski definition) is 4. The first kappa shape index (κ1) is 17.0. The largest absolute Gasteiger partial charge is 0.493 e. The van der Waals surface area contributed by atoms with E-state index in [9.17, 15) is 4.79 Å². The number of methoxy groups -OCH3 is 2. The molecule has 5 heteroatoms. The van der Waals surface area contributed by atoms with E-state index in [1.807, 2.05) is 48.5 Å². The fourth-order valence-electron chi connectivity index (χ4n) is 3.26. The van der Waals surface area contributed by atoms with Gasteiger partial charge in [0.2, 0.25) is 0 Å². The van der Waals surface area contributed by atoms with Crippen LogP contribution in [0.1, 0.15) is 27.5 Å². The second kappa shape index (κ2) is 7.03. The molecule has 27 heavy (non-hydrogen) atoms. The standard InChI is InChI=1S/C22H19NO4/c1-25-19-12-11-14(13-20(19)26-2)22(24)23-21-15-7-3-5-9-17(15)27-18-10-6-4-8-16(18)21/h3-13,21H,1-2H3,(H,23,24). The predicted octanol–water partition coefficient (Wildman–Crippen LogP) is 4.33. The third kappa shape index (κ3) is 3.08. The van der Waals surface area contributed by atoms with Gasteiger partial charge in [-0.15, -0.1) is 0 Å². The van der Waals surface area contributed by atoms with Crippen LogP contribution in [0.3, 0.4) is 0 Å². The number of benzene rings is 3. The molecule has 1 N–H and O–H groups in total. The lowest BCUT2D eigenvalue weighted by Gasteiger charge is -2.28. The summed E-state index contributed by atoms with van der Waals surface area (Å²) in [6.45, 7) is 0. The lowest BCUT2D eigenvalue weighted by Crippen LogP contribution is -2.31. The molecule has 0 saturated heterocycles. The Balaban J connectivity index is 1.69. The third-order valence-corrected chi connectivity index (χ3v) is 4.60. The van der Waals surface area contributed by atoms with Crippen molar-refractivity contribution >= 4 is 5.91 Å². The summed E-state index contributed by atoms with van der Waals surface area (Å²) in [7, 11) is 3.11. The minimum absolute atomic E-state index is 0.201. The summed E-state index contributed by atoms with van der Waals surface area (Å²) in [6, 6.07) is 20.2. The molecule has 4 rings (SSSR count). The van der Waals surface area contributed by atoms with E-state index in [0.717, 1.165) is 22.6 Å². The fraction of sp³-hybridized carbons (Fsp3) is 0.136. The number of amides is 1. The van der Waals surface area contributed by atoms with Gasteiger partial charge in [0.25, 0.3) is 5.91 Å². The zero-order valence-corrected chi connectivity index (χ0v) is 15.1. The number of fused-ring (bicyclic) bond motifs is 2. The van der Waals surface area contributed by atoms with Gasteiger partial charge in [0.15, 0.2) is 11.5 Å². The number of hydrogen-bond donors (Lipinski definition) is 1. The SMILES string of the molecule is COc1ccc(C(=O)NC2c3ccccc3Oc3ccccc32)cc1OC. The zero-order valence-electron chi connectivity index (χ0n) is 15.1. The molecule has 136 valence electrons. The van der Waals surface area contributed by atoms with Gasteiger partial charge in [-0.25, -0.2) is 0 Å². The van der Waals surface area contributed by atoms with Crippen LogP contribution in [-0.2, 0) is 0 Å². The summed E-state index contributed by atoms with van der Waals surface area (Å²) in [5, 5.41) is 3.12. The van der Waals surface area contributed by atoms with Gasteiger partial charge in [0.1, 0.15) is 11.5 Å². The molecule has 0 unspecified atom stereocenters. The van der Waals surface area contributed by atoms with Gasteiger partial charge >= 0.3 is 0 Å². The number of rotatable bonds is 4. The van der Waals surface area contributed by atoms with Crippen molar-refractivity contribution in [3.05, 3.63) is 83.4 Å². The van der Waals surface area contributed by atoms with E-state index in [0.29, 0.717) is 17.1 Å². The molecule has 3 aromatic rings. The van der Waals surface area contributed by atoms with E-state index in [1.165, 1.54) is 0 Å². The van der Waals surface area contributed by atoms with Crippen LogP contribution in [0.2, 0.25) is 0 Å². The van der Waals surface area contributed by atoms with E-state index < -0.39 is 0 Å². The number of nitrogens with one attached hydrogen (secondary N) is 1. The van der Waals surface area contributed by atoms with Gasteiger partial charge in [-0.2, -0.15) is 0 Å². The van der Waals surface area contributed by atoms with Crippen LogP contribution < -0.4 is 19.5 Å². The Morgan fingerprint density at radius 3 is 2.04 bits per heavy atom. The smallest absolute Gasteiger partial charge is 0.252 e. The van der Waals surface area contributed by atoms with E-state index in [4.69, 9.17) is 14.2 Å². The van der Waals surface area contributed by atoms with Crippen LogP contribution >= 0.6 is 0 Å². The van der Waals surface area contributed by atoms with Crippen molar-refractivity contribution in [1.82, 2.24) is 5.32 Å². The molecule has 5 nitrogen and oxygen atoms in total. The van der Waals surface area contributed by atoms with Crippen LogP contribution in [0, 0.1) is 0 Å². The molecule has 0 fully saturated rings. The molecule has 1 heterocycles. The topological polar surface area (TPSA) is 56.8 Å². The van der Waals surface area contributed by atoms with Gasteiger partial charge in [0.05, 0.1) is 20.3 Å². The third-order valence-electron chi connectivity index (χ3n) is 4.60. The Hall–Kier alpha value is -3.47. The Morgan fingerprint density at radius 1 is 0.852 bits per heavy atom. The van der Waals surface area contributed by atoms with Gasteiger partial charge in [-0.3, -0.25) is 4.79 Å². The van der Waals surface area contributed by atoms with Crippen LogP contribution in [-0.4, -0.2) is 20.1 Å². The highest BCUT2D eigenvalue weighted by Gasteiger charge is 2.28. The van der Waals surface area contributed by atoms with Crippen molar-refractivity contribution in [3.8, 4) is 23.0 Å². The minimum Gasteiger partial charge on any atom is -0.493 e. The average molecular weight is 361 g/mol. The summed E-state index contributed by atoms with van der Waals surface area (Å²) < 4.78 is 16.5. The lowest BCUT2D eigenvalue weighted by molar-refractivity contribution is 0.0941. The molecule has 1 aliphatic rings. The summed E-state index contributed by atoms with van der Waals surface area (Å²) >= 11 is 0. The lowest BCUT2D eigenvalue weighted by atomic mass is 9.94. The highest BCUT2D eigenvalue weighted by atomic mass is 16.5. The van der Waals surface area contributed by atoms with Crippen molar-refractivity contribution in [2.24, 2.45) is 0 Å². The Labute approximate surface area is 157 Å². The average Bonchev–Trinajstić information content (AvgIpc) is 2.72. The summed E-state index contributed by atoms with van der Waals surface area (Å²) in [5.41, 5.74) is 2.34. The van der Waals surface area contributed by atoms with Crippen molar-refractivity contribution in [2.45, 2.75) is 6.04 Å². The van der Waals surface area contributed by atoms with E-state index in [2.05, 4.69) is 5.32 Å². The predicted molar refractivity (Wildman–Crippen MR) is 102 cm³/mol. The molecule has 0 bridgehead atoms. The van der Waals surface area contributed by atoms with Crippen molar-refractivity contribution < 1.29 is 19.0 Å². The molecule has 1 aliphatic heterocycles. The maximum absolute atomic E-state index is 13.0. The molecular weight excluding hydrogens is 342 g/mol. The molecule has 0 spiro atoms. The maximum atomic E-state index is 13.0. The summed E-state index contributed by atoms with van der Waals surface area (Å²) in [6.07, 6.45) is 0. The molecule has 0 radical (unpaired) electrons. The number of carbonyl (C=O) groups is 1. The van der Waals surface area contributed by atoms with Crippen LogP contribution in [0.25, 0.3) is 0 Å². The first-order valence-electron chi connectivity index (χ1n) is 8.60. The van der Waals surface area contributed by atoms with Gasteiger partial charge < -0.3 is 19.5 Å². The highest BCUT2D eigenvalue weighted by molar-refractivity contribution is 5.95. The molecule has 0 atom stereocenters. The zero-order chi connectivity index (χ0) is 18.8. The van der Waals surface area contributed by atoms with Gasteiger partial charge in [-0.1, -0.05) is 36.4 Å². The first-order valence-corrected chi connectivity index (χ1v) is 8.60. The number of para-hydroxylation sites is 2. The molecule has 3 aromatic carbocycles. The summed E-state index contributed by atoms with van der Waals surface area (Å²) in [4.78, 5) is 13.0. The van der Waals surface area contributed by atoms with Crippen molar-refractivity contribution in [3.63, 3.8) is 0 Å². The van der Waals surface area contributed by atoms with E-state index in [1.54, 1.807) is 32.4 Å². The Bertz CT molecular complexity index is 954. The van der Waals surface area contributed by atoms with Crippen LogP contribution in [0.15, 0.2) is 66.7 Å². The molecule has 0 aliphatic carbocycles. The van der Waals surface area contributed by atoms with Crippen LogP contribution in [0.4, 0.5) is 0 Å². The fourth-order valence-corrected chi connectivity index (χ4v) is 3.26. The van der Waals surface area contributed by atoms with E-state index >= 15 is 0 Å². The molecular formula is C22H19NO4. The monoisotopic (exact) mass is 361 g/mol. The normalized spacial score (nSPS) is 12.4. The van der Waals surface area contributed by atoms with Gasteiger partial charge in [-0.05, 0) is 30.3 Å².